The number of furan rings is 1. The summed E-state index contributed by atoms with van der Waals surface area (Å²) in [6.07, 6.45) is 4.09. The molecule has 7 nitrogen and oxygen atoms in total. The maximum Gasteiger partial charge on any atom is 0.257 e. The molecular formula is C18H30N3O4+. The lowest BCUT2D eigenvalue weighted by Gasteiger charge is -2.28. The summed E-state index contributed by atoms with van der Waals surface area (Å²) in [4.78, 5) is 27.9. The summed E-state index contributed by atoms with van der Waals surface area (Å²) in [7, 11) is 0. The maximum atomic E-state index is 12.6. The van der Waals surface area contributed by atoms with Crippen molar-refractivity contribution in [2.75, 3.05) is 45.9 Å². The number of amides is 2. The minimum atomic E-state index is -0.0892. The molecule has 1 aliphatic rings. The standard InChI is InChI=1S/C18H29N3O4/c1-3-15(2)21(18(23)16-5-11-25-14-16)7-4-17(22)19-6-8-20-9-12-24-13-10-20/h5,11,14-15H,3-4,6-10,12-13H2,1-2H3,(H,19,22)/p+1/t15-/m1/s1. The number of hydrogen-bond acceptors (Lipinski definition) is 4. The molecule has 140 valence electrons. The quantitative estimate of drug-likeness (QED) is 0.653. The Morgan fingerprint density at radius 3 is 2.76 bits per heavy atom. The molecule has 0 bridgehead atoms. The van der Waals surface area contributed by atoms with Gasteiger partial charge in [-0.15, -0.1) is 0 Å². The van der Waals surface area contributed by atoms with Crippen molar-refractivity contribution < 1.29 is 23.6 Å². The first-order valence-electron chi connectivity index (χ1n) is 9.13. The maximum absolute atomic E-state index is 12.6. The van der Waals surface area contributed by atoms with Gasteiger partial charge in [-0.25, -0.2) is 0 Å². The predicted molar refractivity (Wildman–Crippen MR) is 93.5 cm³/mol. The van der Waals surface area contributed by atoms with Crippen molar-refractivity contribution in [1.29, 1.82) is 0 Å². The smallest absolute Gasteiger partial charge is 0.257 e. The first-order valence-corrected chi connectivity index (χ1v) is 9.13. The van der Waals surface area contributed by atoms with Gasteiger partial charge in [-0.3, -0.25) is 9.59 Å². The lowest BCUT2D eigenvalue weighted by Crippen LogP contribution is -3.14. The highest BCUT2D eigenvalue weighted by Crippen LogP contribution is 2.12. The molecule has 1 atom stereocenters. The Labute approximate surface area is 149 Å². The summed E-state index contributed by atoms with van der Waals surface area (Å²) in [5.74, 6) is -0.102. The highest BCUT2D eigenvalue weighted by molar-refractivity contribution is 5.94. The van der Waals surface area contributed by atoms with E-state index in [1.54, 1.807) is 11.0 Å². The Hall–Kier alpha value is -1.86. The van der Waals surface area contributed by atoms with Gasteiger partial charge in [0.15, 0.2) is 0 Å². The number of nitrogens with one attached hydrogen (secondary N) is 2. The number of ether oxygens (including phenoxy) is 1. The summed E-state index contributed by atoms with van der Waals surface area (Å²) in [5.41, 5.74) is 0.525. The van der Waals surface area contributed by atoms with E-state index in [2.05, 4.69) is 5.32 Å². The summed E-state index contributed by atoms with van der Waals surface area (Å²) in [6, 6.07) is 1.73. The van der Waals surface area contributed by atoms with E-state index in [-0.39, 0.29) is 17.9 Å². The van der Waals surface area contributed by atoms with Crippen LogP contribution < -0.4 is 10.2 Å². The van der Waals surface area contributed by atoms with Gasteiger partial charge < -0.3 is 24.3 Å². The molecule has 2 amide bonds. The van der Waals surface area contributed by atoms with Crippen molar-refractivity contribution in [2.24, 2.45) is 0 Å². The fourth-order valence-corrected chi connectivity index (χ4v) is 2.89. The highest BCUT2D eigenvalue weighted by Gasteiger charge is 2.22. The summed E-state index contributed by atoms with van der Waals surface area (Å²) in [6.45, 7) is 9.60. The number of carbonyl (C=O) groups is 2. The molecule has 1 aromatic rings. The molecule has 0 saturated carbocycles. The Morgan fingerprint density at radius 2 is 2.12 bits per heavy atom. The van der Waals surface area contributed by atoms with Gasteiger partial charge in [0.2, 0.25) is 5.91 Å². The zero-order valence-corrected chi connectivity index (χ0v) is 15.3. The van der Waals surface area contributed by atoms with Crippen LogP contribution in [0, 0.1) is 0 Å². The van der Waals surface area contributed by atoms with Crippen LogP contribution in [0.15, 0.2) is 23.0 Å². The number of nitrogens with zero attached hydrogens (tertiary/aromatic N) is 1. The summed E-state index contributed by atoms with van der Waals surface area (Å²) < 4.78 is 10.3. The SMILES string of the molecule is CC[C@@H](C)N(CCC(=O)NCC[NH+]1CCOCC1)C(=O)c1ccoc1. The van der Waals surface area contributed by atoms with E-state index in [4.69, 9.17) is 9.15 Å². The van der Waals surface area contributed by atoms with Gasteiger partial charge in [-0.05, 0) is 19.4 Å². The number of morpholine rings is 1. The zero-order valence-electron chi connectivity index (χ0n) is 15.3. The number of hydrogen-bond donors (Lipinski definition) is 2. The van der Waals surface area contributed by atoms with Crippen LogP contribution in [0.3, 0.4) is 0 Å². The Balaban J connectivity index is 1.75. The normalized spacial score (nSPS) is 16.4. The molecule has 0 spiro atoms. The van der Waals surface area contributed by atoms with Gasteiger partial charge in [-0.1, -0.05) is 6.92 Å². The monoisotopic (exact) mass is 352 g/mol. The third-order valence-corrected chi connectivity index (χ3v) is 4.73. The average molecular weight is 352 g/mol. The van der Waals surface area contributed by atoms with Gasteiger partial charge >= 0.3 is 0 Å². The number of quaternary nitrogens is 1. The molecule has 1 saturated heterocycles. The van der Waals surface area contributed by atoms with Crippen LogP contribution >= 0.6 is 0 Å². The van der Waals surface area contributed by atoms with Crippen LogP contribution in [0.1, 0.15) is 37.0 Å². The highest BCUT2D eigenvalue weighted by atomic mass is 16.5. The minimum absolute atomic E-state index is 0.0130. The summed E-state index contributed by atoms with van der Waals surface area (Å²) >= 11 is 0. The van der Waals surface area contributed by atoms with E-state index in [0.717, 1.165) is 39.3 Å². The lowest BCUT2D eigenvalue weighted by atomic mass is 10.1. The second kappa shape index (κ2) is 10.2. The largest absolute Gasteiger partial charge is 0.472 e. The third kappa shape index (κ3) is 6.17. The van der Waals surface area contributed by atoms with Gasteiger partial charge in [-0.2, -0.15) is 0 Å². The van der Waals surface area contributed by atoms with Crippen LogP contribution in [-0.4, -0.2) is 68.7 Å². The van der Waals surface area contributed by atoms with Crippen LogP contribution in [0.25, 0.3) is 0 Å². The molecule has 0 unspecified atom stereocenters. The Kier molecular flexibility index (Phi) is 7.94. The van der Waals surface area contributed by atoms with Crippen molar-refractivity contribution in [3.63, 3.8) is 0 Å². The molecule has 2 N–H and O–H groups in total. The zero-order chi connectivity index (χ0) is 18.1. The molecular weight excluding hydrogens is 322 g/mol. The van der Waals surface area contributed by atoms with E-state index in [9.17, 15) is 9.59 Å². The topological polar surface area (TPSA) is 76.2 Å². The molecule has 0 aromatic carbocycles. The van der Waals surface area contributed by atoms with E-state index in [1.807, 2.05) is 13.8 Å². The van der Waals surface area contributed by atoms with Crippen LogP contribution in [0.2, 0.25) is 0 Å². The number of rotatable bonds is 9. The fraction of sp³-hybridized carbons (Fsp3) is 0.667. The van der Waals surface area contributed by atoms with E-state index in [0.29, 0.717) is 25.1 Å². The fourth-order valence-electron chi connectivity index (χ4n) is 2.89. The first-order chi connectivity index (χ1) is 12.1. The van der Waals surface area contributed by atoms with Crippen LogP contribution in [0.4, 0.5) is 0 Å². The molecule has 7 heteroatoms. The molecule has 1 aliphatic heterocycles. The third-order valence-electron chi connectivity index (χ3n) is 4.73. The average Bonchev–Trinajstić information content (AvgIpc) is 3.17. The lowest BCUT2D eigenvalue weighted by molar-refractivity contribution is -0.906. The van der Waals surface area contributed by atoms with Crippen molar-refractivity contribution in [3.05, 3.63) is 24.2 Å². The second-order valence-electron chi connectivity index (χ2n) is 6.48. The van der Waals surface area contributed by atoms with E-state index in [1.165, 1.54) is 17.4 Å². The molecule has 2 heterocycles. The van der Waals surface area contributed by atoms with Crippen LogP contribution in [-0.2, 0) is 9.53 Å². The summed E-state index contributed by atoms with van der Waals surface area (Å²) in [5, 5.41) is 2.96. The molecule has 1 aromatic heterocycles. The second-order valence-corrected chi connectivity index (χ2v) is 6.48. The first kappa shape index (κ1) is 19.5. The minimum Gasteiger partial charge on any atom is -0.472 e. The predicted octanol–water partition coefficient (Wildman–Crippen LogP) is -0.0583. The van der Waals surface area contributed by atoms with Gasteiger partial charge in [0.25, 0.3) is 5.91 Å². The van der Waals surface area contributed by atoms with Crippen molar-refractivity contribution in [3.8, 4) is 0 Å². The van der Waals surface area contributed by atoms with E-state index < -0.39 is 0 Å². The van der Waals surface area contributed by atoms with Gasteiger partial charge in [0.05, 0.1) is 38.1 Å². The van der Waals surface area contributed by atoms with E-state index >= 15 is 0 Å². The van der Waals surface area contributed by atoms with Gasteiger partial charge in [0.1, 0.15) is 19.4 Å². The molecule has 2 rings (SSSR count). The van der Waals surface area contributed by atoms with Gasteiger partial charge in [0, 0.05) is 19.0 Å². The Morgan fingerprint density at radius 1 is 1.36 bits per heavy atom. The molecule has 0 radical (unpaired) electrons. The van der Waals surface area contributed by atoms with Crippen LogP contribution in [0.5, 0.6) is 0 Å². The molecule has 1 fully saturated rings. The van der Waals surface area contributed by atoms with Crippen molar-refractivity contribution >= 4 is 11.8 Å². The number of carbonyl (C=O) groups excluding carboxylic acids is 2. The van der Waals surface area contributed by atoms with Crippen molar-refractivity contribution in [1.82, 2.24) is 10.2 Å². The molecule has 25 heavy (non-hydrogen) atoms. The molecule has 0 aliphatic carbocycles. The Bertz CT molecular complexity index is 526. The van der Waals surface area contributed by atoms with Crippen molar-refractivity contribution in [2.45, 2.75) is 32.7 Å².